The van der Waals surface area contributed by atoms with Gasteiger partial charge in [0.25, 0.3) is 5.88 Å². The highest BCUT2D eigenvalue weighted by Crippen LogP contribution is 2.29. The highest BCUT2D eigenvalue weighted by atomic mass is 16.5. The zero-order valence-electron chi connectivity index (χ0n) is 19.4. The van der Waals surface area contributed by atoms with Gasteiger partial charge in [-0.25, -0.2) is 14.8 Å². The fraction of sp³-hybridized carbons (Fsp3) is 0.440. The first-order chi connectivity index (χ1) is 16.0. The first kappa shape index (κ1) is 22.6. The Kier molecular flexibility index (Phi) is 6.78. The highest BCUT2D eigenvalue weighted by molar-refractivity contribution is 5.75. The molecule has 33 heavy (non-hydrogen) atoms. The van der Waals surface area contributed by atoms with Gasteiger partial charge >= 0.3 is 6.03 Å². The van der Waals surface area contributed by atoms with Crippen LogP contribution in [0.2, 0.25) is 0 Å². The Bertz CT molecular complexity index is 1160. The van der Waals surface area contributed by atoms with Crippen molar-refractivity contribution < 1.29 is 9.53 Å². The van der Waals surface area contributed by atoms with E-state index in [0.29, 0.717) is 18.1 Å². The molecule has 1 aromatic carbocycles. The van der Waals surface area contributed by atoms with Gasteiger partial charge in [0.15, 0.2) is 5.65 Å². The van der Waals surface area contributed by atoms with Gasteiger partial charge < -0.3 is 19.4 Å². The molecule has 1 saturated carbocycles. The van der Waals surface area contributed by atoms with Gasteiger partial charge in [-0.3, -0.25) is 0 Å². The minimum absolute atomic E-state index is 0.170. The van der Waals surface area contributed by atoms with Crippen LogP contribution in [0.3, 0.4) is 0 Å². The van der Waals surface area contributed by atoms with Gasteiger partial charge in [-0.05, 0) is 44.2 Å². The topological polar surface area (TPSA) is 95.6 Å². The van der Waals surface area contributed by atoms with E-state index in [9.17, 15) is 10.1 Å². The summed E-state index contributed by atoms with van der Waals surface area (Å²) >= 11 is 0. The molecule has 172 valence electrons. The number of amides is 2. The van der Waals surface area contributed by atoms with Crippen molar-refractivity contribution >= 4 is 11.7 Å². The summed E-state index contributed by atoms with van der Waals surface area (Å²) in [6.45, 7) is 4.50. The number of ether oxygens (including phenoxy) is 1. The SMILES string of the molecule is CCN(C(=O)NC(C#N)C1CCCC1)C(C)c1cccc(-c2cn3ccnc3c(OC)n2)c1. The summed E-state index contributed by atoms with van der Waals surface area (Å²) in [5, 5.41) is 12.6. The molecule has 1 aliphatic rings. The van der Waals surface area contributed by atoms with Crippen LogP contribution in [0.25, 0.3) is 16.9 Å². The van der Waals surface area contributed by atoms with Crippen molar-refractivity contribution in [1.82, 2.24) is 24.6 Å². The Morgan fingerprint density at radius 2 is 2.18 bits per heavy atom. The van der Waals surface area contributed by atoms with E-state index in [1.165, 1.54) is 0 Å². The molecular weight excluding hydrogens is 416 g/mol. The van der Waals surface area contributed by atoms with Crippen LogP contribution in [0.1, 0.15) is 51.1 Å². The van der Waals surface area contributed by atoms with Crippen molar-refractivity contribution in [3.63, 3.8) is 0 Å². The molecule has 4 rings (SSSR count). The monoisotopic (exact) mass is 446 g/mol. The van der Waals surface area contributed by atoms with Crippen LogP contribution in [-0.2, 0) is 0 Å². The van der Waals surface area contributed by atoms with E-state index in [-0.39, 0.29) is 18.0 Å². The molecule has 0 spiro atoms. The Balaban J connectivity index is 1.56. The molecule has 2 atom stereocenters. The molecule has 0 saturated heterocycles. The lowest BCUT2D eigenvalue weighted by atomic mass is 9.99. The Hall–Kier alpha value is -3.60. The van der Waals surface area contributed by atoms with E-state index in [1.807, 2.05) is 54.9 Å². The van der Waals surface area contributed by atoms with Crippen LogP contribution in [-0.4, -0.2) is 45.0 Å². The predicted molar refractivity (Wildman–Crippen MR) is 126 cm³/mol. The summed E-state index contributed by atoms with van der Waals surface area (Å²) < 4.78 is 7.30. The summed E-state index contributed by atoms with van der Waals surface area (Å²) in [6.07, 6.45) is 9.73. The van der Waals surface area contributed by atoms with Crippen LogP contribution in [0.15, 0.2) is 42.9 Å². The number of imidazole rings is 1. The number of fused-ring (bicyclic) bond motifs is 1. The quantitative estimate of drug-likeness (QED) is 0.573. The van der Waals surface area contributed by atoms with Gasteiger partial charge in [0.2, 0.25) is 0 Å². The third-order valence-corrected chi connectivity index (χ3v) is 6.56. The van der Waals surface area contributed by atoms with Crippen molar-refractivity contribution in [2.45, 2.75) is 51.6 Å². The van der Waals surface area contributed by atoms with Gasteiger partial charge in [-0.15, -0.1) is 0 Å². The summed E-state index contributed by atoms with van der Waals surface area (Å²) in [5.41, 5.74) is 3.33. The molecule has 8 heteroatoms. The standard InChI is InChI=1S/C25H30N6O2/c1-4-31(25(32)29-21(15-26)18-8-5-6-9-18)17(2)19-10-7-11-20(14-19)22-16-30-13-12-27-23(30)24(28-22)33-3/h7,10-14,16-18,21H,4-6,8-9H2,1-3H3,(H,29,32). The zero-order chi connectivity index (χ0) is 23.4. The van der Waals surface area contributed by atoms with E-state index in [0.717, 1.165) is 42.5 Å². The van der Waals surface area contributed by atoms with Crippen molar-refractivity contribution in [2.75, 3.05) is 13.7 Å². The maximum Gasteiger partial charge on any atom is 0.318 e. The Morgan fingerprint density at radius 1 is 1.39 bits per heavy atom. The molecule has 2 heterocycles. The molecule has 2 aromatic heterocycles. The minimum Gasteiger partial charge on any atom is -0.478 e. The average Bonchev–Trinajstić information content (AvgIpc) is 3.54. The first-order valence-corrected chi connectivity index (χ1v) is 11.5. The van der Waals surface area contributed by atoms with Crippen LogP contribution < -0.4 is 10.1 Å². The summed E-state index contributed by atoms with van der Waals surface area (Å²) in [6, 6.07) is 9.50. The molecule has 2 amide bonds. The molecule has 3 aromatic rings. The Labute approximate surface area is 194 Å². The van der Waals surface area contributed by atoms with Crippen LogP contribution in [0.4, 0.5) is 4.79 Å². The number of carbonyl (C=O) groups excluding carboxylic acids is 1. The van der Waals surface area contributed by atoms with E-state index in [4.69, 9.17) is 4.74 Å². The van der Waals surface area contributed by atoms with Gasteiger partial charge in [-0.1, -0.05) is 31.0 Å². The molecule has 8 nitrogen and oxygen atoms in total. The van der Waals surface area contributed by atoms with Crippen LogP contribution >= 0.6 is 0 Å². The van der Waals surface area contributed by atoms with Crippen molar-refractivity contribution in [2.24, 2.45) is 5.92 Å². The lowest BCUT2D eigenvalue weighted by Gasteiger charge is -2.30. The van der Waals surface area contributed by atoms with E-state index in [2.05, 4.69) is 21.4 Å². The lowest BCUT2D eigenvalue weighted by molar-refractivity contribution is 0.178. The second-order valence-corrected chi connectivity index (χ2v) is 8.48. The average molecular weight is 447 g/mol. The molecule has 0 radical (unpaired) electrons. The number of nitrogens with one attached hydrogen (secondary N) is 1. The predicted octanol–water partition coefficient (Wildman–Crippen LogP) is 4.58. The number of hydrogen-bond acceptors (Lipinski definition) is 5. The number of methoxy groups -OCH3 is 1. The third kappa shape index (κ3) is 4.63. The number of carbonyl (C=O) groups is 1. The third-order valence-electron chi connectivity index (χ3n) is 6.56. The van der Waals surface area contributed by atoms with Gasteiger partial charge in [0.1, 0.15) is 6.04 Å². The molecule has 1 aliphatic carbocycles. The van der Waals surface area contributed by atoms with Gasteiger partial charge in [0.05, 0.1) is 24.9 Å². The minimum atomic E-state index is -0.439. The van der Waals surface area contributed by atoms with E-state index < -0.39 is 6.04 Å². The Morgan fingerprint density at radius 3 is 2.88 bits per heavy atom. The molecule has 1 fully saturated rings. The van der Waals surface area contributed by atoms with Crippen LogP contribution in [0.5, 0.6) is 5.88 Å². The van der Waals surface area contributed by atoms with Gasteiger partial charge in [-0.2, -0.15) is 5.26 Å². The van der Waals surface area contributed by atoms with Crippen LogP contribution in [0, 0.1) is 17.2 Å². The molecule has 2 unspecified atom stereocenters. The van der Waals surface area contributed by atoms with Crippen molar-refractivity contribution in [3.05, 3.63) is 48.4 Å². The number of rotatable bonds is 7. The number of hydrogen-bond donors (Lipinski definition) is 1. The second kappa shape index (κ2) is 9.90. The fourth-order valence-electron chi connectivity index (χ4n) is 4.67. The van der Waals surface area contributed by atoms with Crippen molar-refractivity contribution in [3.8, 4) is 23.2 Å². The normalized spacial score (nSPS) is 15.7. The number of nitriles is 1. The lowest BCUT2D eigenvalue weighted by Crippen LogP contribution is -2.47. The maximum absolute atomic E-state index is 13.1. The molecule has 0 aliphatic heterocycles. The number of urea groups is 1. The van der Waals surface area contributed by atoms with E-state index >= 15 is 0 Å². The number of aromatic nitrogens is 3. The smallest absolute Gasteiger partial charge is 0.318 e. The van der Waals surface area contributed by atoms with Crippen molar-refractivity contribution in [1.29, 1.82) is 5.26 Å². The fourth-order valence-corrected chi connectivity index (χ4v) is 4.67. The van der Waals surface area contributed by atoms with Gasteiger partial charge in [0, 0.05) is 30.7 Å². The second-order valence-electron chi connectivity index (χ2n) is 8.48. The molecule has 1 N–H and O–H groups in total. The zero-order valence-corrected chi connectivity index (χ0v) is 19.4. The van der Waals surface area contributed by atoms with E-state index in [1.54, 1.807) is 18.2 Å². The highest BCUT2D eigenvalue weighted by Gasteiger charge is 2.29. The first-order valence-electron chi connectivity index (χ1n) is 11.5. The summed E-state index contributed by atoms with van der Waals surface area (Å²) in [7, 11) is 1.58. The number of benzene rings is 1. The largest absolute Gasteiger partial charge is 0.478 e. The number of nitrogens with zero attached hydrogens (tertiary/aromatic N) is 5. The molecule has 0 bridgehead atoms. The molecular formula is C25H30N6O2. The summed E-state index contributed by atoms with van der Waals surface area (Å²) in [4.78, 5) is 23.8. The maximum atomic E-state index is 13.1. The summed E-state index contributed by atoms with van der Waals surface area (Å²) in [5.74, 6) is 0.704.